The Morgan fingerprint density at radius 2 is 1.93 bits per heavy atom. The van der Waals surface area contributed by atoms with Crippen molar-refractivity contribution in [1.29, 1.82) is 0 Å². The summed E-state index contributed by atoms with van der Waals surface area (Å²) in [6, 6.07) is 11.7. The standard InChI is InChI=1S/C17H13ClN4O5S2/c18-14-7-6-11(8-15(14)22(24)25)19-16(23)9-12-10-28-17(20-12)21-29(26,27)13-4-2-1-3-5-13/h1-8,10H,9H2,(H,19,23)(H,20,21). The van der Waals surface area contributed by atoms with Gasteiger partial charge in [0.15, 0.2) is 5.13 Å². The predicted octanol–water partition coefficient (Wildman–Crippen LogP) is 3.69. The number of nitro benzene ring substituents is 1. The summed E-state index contributed by atoms with van der Waals surface area (Å²) in [7, 11) is -3.77. The molecule has 0 bridgehead atoms. The van der Waals surface area contributed by atoms with Crippen LogP contribution in [-0.4, -0.2) is 24.2 Å². The topological polar surface area (TPSA) is 131 Å². The molecule has 1 heterocycles. The Morgan fingerprint density at radius 1 is 1.21 bits per heavy atom. The SMILES string of the molecule is O=C(Cc1csc(NS(=O)(=O)c2ccccc2)n1)Nc1ccc(Cl)c([N+](=O)[O-])c1. The van der Waals surface area contributed by atoms with Crippen molar-refractivity contribution in [2.24, 2.45) is 0 Å². The number of hydrogen-bond donors (Lipinski definition) is 2. The zero-order valence-electron chi connectivity index (χ0n) is 14.5. The first-order chi connectivity index (χ1) is 13.7. The molecule has 3 aromatic rings. The molecule has 2 N–H and O–H groups in total. The number of thiazole rings is 1. The molecule has 0 spiro atoms. The molecule has 150 valence electrons. The average molecular weight is 453 g/mol. The van der Waals surface area contributed by atoms with Crippen LogP contribution in [0.4, 0.5) is 16.5 Å². The van der Waals surface area contributed by atoms with E-state index in [0.717, 1.165) is 17.4 Å². The van der Waals surface area contributed by atoms with Crippen molar-refractivity contribution in [1.82, 2.24) is 4.98 Å². The van der Waals surface area contributed by atoms with Crippen molar-refractivity contribution in [2.45, 2.75) is 11.3 Å². The van der Waals surface area contributed by atoms with Crippen LogP contribution in [0.1, 0.15) is 5.69 Å². The Balaban J connectivity index is 1.65. The van der Waals surface area contributed by atoms with Crippen LogP contribution in [0.5, 0.6) is 0 Å². The highest BCUT2D eigenvalue weighted by Gasteiger charge is 2.17. The molecule has 0 unspecified atom stereocenters. The largest absolute Gasteiger partial charge is 0.325 e. The fourth-order valence-electron chi connectivity index (χ4n) is 2.31. The summed E-state index contributed by atoms with van der Waals surface area (Å²) in [5.41, 5.74) is 0.240. The van der Waals surface area contributed by atoms with E-state index >= 15 is 0 Å². The quantitative estimate of drug-likeness (QED) is 0.415. The predicted molar refractivity (Wildman–Crippen MR) is 110 cm³/mol. The van der Waals surface area contributed by atoms with Crippen LogP contribution < -0.4 is 10.0 Å². The number of benzene rings is 2. The van der Waals surface area contributed by atoms with Crippen molar-refractivity contribution in [3.05, 3.63) is 74.7 Å². The van der Waals surface area contributed by atoms with Gasteiger partial charge in [-0.25, -0.2) is 13.4 Å². The molecule has 1 amide bonds. The number of nitro groups is 1. The number of amides is 1. The minimum Gasteiger partial charge on any atom is -0.325 e. The Kier molecular flexibility index (Phi) is 6.11. The maximum Gasteiger partial charge on any atom is 0.289 e. The van der Waals surface area contributed by atoms with Crippen LogP contribution in [0.15, 0.2) is 58.8 Å². The lowest BCUT2D eigenvalue weighted by Gasteiger charge is -2.05. The van der Waals surface area contributed by atoms with Crippen LogP contribution >= 0.6 is 22.9 Å². The van der Waals surface area contributed by atoms with Crippen LogP contribution in [0.25, 0.3) is 0 Å². The van der Waals surface area contributed by atoms with Crippen LogP contribution in [-0.2, 0) is 21.2 Å². The molecule has 0 saturated heterocycles. The van der Waals surface area contributed by atoms with Gasteiger partial charge in [0.05, 0.1) is 21.9 Å². The second-order valence-corrected chi connectivity index (χ2v) is 8.66. The number of carbonyl (C=O) groups is 1. The number of aromatic nitrogens is 1. The van der Waals surface area contributed by atoms with Gasteiger partial charge in [0.25, 0.3) is 15.7 Å². The van der Waals surface area contributed by atoms with Gasteiger partial charge in [-0.2, -0.15) is 0 Å². The molecule has 3 rings (SSSR count). The summed E-state index contributed by atoms with van der Waals surface area (Å²) in [5.74, 6) is -0.468. The highest BCUT2D eigenvalue weighted by molar-refractivity contribution is 7.93. The van der Waals surface area contributed by atoms with Gasteiger partial charge in [-0.05, 0) is 24.3 Å². The maximum atomic E-state index is 12.3. The van der Waals surface area contributed by atoms with Gasteiger partial charge in [-0.3, -0.25) is 19.6 Å². The molecule has 0 radical (unpaired) electrons. The number of nitrogens with zero attached hydrogens (tertiary/aromatic N) is 2. The molecule has 0 fully saturated rings. The molecule has 0 aliphatic heterocycles. The summed E-state index contributed by atoms with van der Waals surface area (Å²) in [6.07, 6.45) is -0.139. The maximum absolute atomic E-state index is 12.3. The molecule has 1 aromatic heterocycles. The summed E-state index contributed by atoms with van der Waals surface area (Å²) in [6.45, 7) is 0. The Labute approximate surface area is 174 Å². The van der Waals surface area contributed by atoms with E-state index in [-0.39, 0.29) is 32.8 Å². The summed E-state index contributed by atoms with van der Waals surface area (Å²) in [4.78, 5) is 26.6. The minimum absolute atomic E-state index is 0.0390. The van der Waals surface area contributed by atoms with Gasteiger partial charge in [0.1, 0.15) is 5.02 Å². The fraction of sp³-hybridized carbons (Fsp3) is 0.0588. The Hall–Kier alpha value is -3.02. The number of nitrogens with one attached hydrogen (secondary N) is 2. The lowest BCUT2D eigenvalue weighted by molar-refractivity contribution is -0.384. The first kappa shape index (κ1) is 20.7. The van der Waals surface area contributed by atoms with Gasteiger partial charge in [-0.1, -0.05) is 29.8 Å². The molecule has 0 saturated carbocycles. The Bertz CT molecular complexity index is 1170. The number of sulfonamides is 1. The van der Waals surface area contributed by atoms with E-state index in [0.29, 0.717) is 5.69 Å². The molecule has 29 heavy (non-hydrogen) atoms. The third kappa shape index (κ3) is 5.28. The molecular formula is C17H13ClN4O5S2. The van der Waals surface area contributed by atoms with Gasteiger partial charge >= 0.3 is 0 Å². The van der Waals surface area contributed by atoms with Crippen LogP contribution in [0.2, 0.25) is 5.02 Å². The van der Waals surface area contributed by atoms with Crippen molar-refractivity contribution < 1.29 is 18.1 Å². The van der Waals surface area contributed by atoms with E-state index in [4.69, 9.17) is 11.6 Å². The second kappa shape index (κ2) is 8.55. The van der Waals surface area contributed by atoms with Crippen molar-refractivity contribution in [3.8, 4) is 0 Å². The second-order valence-electron chi connectivity index (χ2n) is 5.71. The Morgan fingerprint density at radius 3 is 2.62 bits per heavy atom. The van der Waals surface area contributed by atoms with Gasteiger partial charge < -0.3 is 5.32 Å². The number of carbonyl (C=O) groups excluding carboxylic acids is 1. The highest BCUT2D eigenvalue weighted by atomic mass is 35.5. The summed E-state index contributed by atoms with van der Waals surface area (Å²) >= 11 is 6.78. The van der Waals surface area contributed by atoms with Gasteiger partial charge in [-0.15, -0.1) is 11.3 Å². The highest BCUT2D eigenvalue weighted by Crippen LogP contribution is 2.27. The van der Waals surface area contributed by atoms with Gasteiger partial charge in [0, 0.05) is 17.1 Å². The van der Waals surface area contributed by atoms with E-state index in [9.17, 15) is 23.3 Å². The third-order valence-electron chi connectivity index (χ3n) is 3.60. The molecule has 2 aromatic carbocycles. The van der Waals surface area contributed by atoms with Gasteiger partial charge in [0.2, 0.25) is 5.91 Å². The molecule has 0 aliphatic rings. The zero-order chi connectivity index (χ0) is 21.0. The van der Waals surface area contributed by atoms with E-state index in [2.05, 4.69) is 15.0 Å². The summed E-state index contributed by atoms with van der Waals surface area (Å²) in [5, 5.41) is 15.1. The molecule has 9 nitrogen and oxygen atoms in total. The lowest BCUT2D eigenvalue weighted by atomic mass is 10.2. The summed E-state index contributed by atoms with van der Waals surface area (Å²) < 4.78 is 27.0. The third-order valence-corrected chi connectivity index (χ3v) is 6.21. The number of anilines is 2. The van der Waals surface area contributed by atoms with E-state index in [1.54, 1.807) is 23.6 Å². The van der Waals surface area contributed by atoms with E-state index in [1.165, 1.54) is 24.3 Å². The van der Waals surface area contributed by atoms with Crippen LogP contribution in [0.3, 0.4) is 0 Å². The smallest absolute Gasteiger partial charge is 0.289 e. The first-order valence-electron chi connectivity index (χ1n) is 8.00. The molecule has 0 aliphatic carbocycles. The number of halogens is 1. The van der Waals surface area contributed by atoms with Crippen LogP contribution in [0, 0.1) is 10.1 Å². The lowest BCUT2D eigenvalue weighted by Crippen LogP contribution is -2.15. The van der Waals surface area contributed by atoms with E-state index in [1.807, 2.05) is 0 Å². The van der Waals surface area contributed by atoms with Crippen molar-refractivity contribution in [2.75, 3.05) is 10.0 Å². The van der Waals surface area contributed by atoms with E-state index < -0.39 is 20.9 Å². The van der Waals surface area contributed by atoms with Crippen molar-refractivity contribution >= 4 is 55.4 Å². The minimum atomic E-state index is -3.77. The monoisotopic (exact) mass is 452 g/mol. The number of hydrogen-bond acceptors (Lipinski definition) is 7. The number of rotatable bonds is 7. The zero-order valence-corrected chi connectivity index (χ0v) is 16.9. The fourth-order valence-corrected chi connectivity index (χ4v) is 4.48. The average Bonchev–Trinajstić information content (AvgIpc) is 3.09. The van der Waals surface area contributed by atoms with Crippen molar-refractivity contribution in [3.63, 3.8) is 0 Å². The normalized spacial score (nSPS) is 11.1. The molecule has 0 atom stereocenters. The first-order valence-corrected chi connectivity index (χ1v) is 10.7. The molecular weight excluding hydrogens is 440 g/mol. The molecule has 12 heteroatoms.